The largest absolute Gasteiger partial charge is 0.464 e. The molecule has 2 rings (SSSR count). The lowest BCUT2D eigenvalue weighted by Gasteiger charge is -2.12. The first kappa shape index (κ1) is 19.3. The summed E-state index contributed by atoms with van der Waals surface area (Å²) in [6, 6.07) is 5.52. The number of aromatic nitrogens is 2. The van der Waals surface area contributed by atoms with E-state index in [0.29, 0.717) is 10.2 Å². The van der Waals surface area contributed by atoms with Gasteiger partial charge in [-0.15, -0.1) is 5.10 Å². The van der Waals surface area contributed by atoms with Gasteiger partial charge >= 0.3 is 12.1 Å². The van der Waals surface area contributed by atoms with Crippen LogP contribution in [-0.4, -0.2) is 35.7 Å². The lowest BCUT2D eigenvalue weighted by molar-refractivity contribution is -0.143. The SMILES string of the molecule is CO/N=C(/C(=O)OC)c1c(C)cccc1Oc1cc(C(F)(F)F)n(C)n1. The summed E-state index contributed by atoms with van der Waals surface area (Å²) in [7, 11) is 3.57. The molecule has 1 aromatic carbocycles. The van der Waals surface area contributed by atoms with Crippen LogP contribution >= 0.6 is 0 Å². The molecule has 0 bridgehead atoms. The van der Waals surface area contributed by atoms with Gasteiger partial charge in [0.2, 0.25) is 5.88 Å². The Morgan fingerprint density at radius 1 is 1.27 bits per heavy atom. The quantitative estimate of drug-likeness (QED) is 0.459. The lowest BCUT2D eigenvalue weighted by atomic mass is 10.0. The first-order valence-corrected chi connectivity index (χ1v) is 7.27. The van der Waals surface area contributed by atoms with Crippen LogP contribution in [0, 0.1) is 6.92 Å². The highest BCUT2D eigenvalue weighted by molar-refractivity contribution is 6.44. The Morgan fingerprint density at radius 3 is 2.50 bits per heavy atom. The number of hydrogen-bond donors (Lipinski definition) is 0. The summed E-state index contributed by atoms with van der Waals surface area (Å²) in [6.45, 7) is 1.68. The number of carbonyl (C=O) groups is 1. The molecule has 140 valence electrons. The molecule has 0 unspecified atom stereocenters. The average molecular weight is 371 g/mol. The smallest absolute Gasteiger partial charge is 0.433 e. The number of aryl methyl sites for hydroxylation is 2. The standard InChI is InChI=1S/C16H16F3N3O4/c1-9-6-5-7-10(13(9)14(21-25-4)15(23)24-3)26-12-8-11(16(17,18)19)22(2)20-12/h5-8H,1-4H3/b21-14+. The van der Waals surface area contributed by atoms with Crippen LogP contribution in [0.15, 0.2) is 29.4 Å². The molecule has 0 atom stereocenters. The first-order valence-electron chi connectivity index (χ1n) is 7.27. The molecule has 0 saturated carbocycles. The van der Waals surface area contributed by atoms with Gasteiger partial charge in [-0.25, -0.2) is 4.79 Å². The number of benzene rings is 1. The molecule has 1 aromatic heterocycles. The second-order valence-corrected chi connectivity index (χ2v) is 5.15. The Balaban J connectivity index is 2.51. The molecule has 0 aliphatic rings. The molecular formula is C16H16F3N3O4. The third-order valence-electron chi connectivity index (χ3n) is 3.40. The van der Waals surface area contributed by atoms with E-state index in [0.717, 1.165) is 13.1 Å². The number of nitrogens with zero attached hydrogens (tertiary/aromatic N) is 3. The second kappa shape index (κ2) is 7.46. The third-order valence-corrected chi connectivity index (χ3v) is 3.40. The van der Waals surface area contributed by atoms with Gasteiger partial charge in [-0.05, 0) is 18.6 Å². The maximum absolute atomic E-state index is 12.9. The summed E-state index contributed by atoms with van der Waals surface area (Å²) >= 11 is 0. The zero-order valence-corrected chi connectivity index (χ0v) is 14.4. The molecule has 2 aromatic rings. The summed E-state index contributed by atoms with van der Waals surface area (Å²) in [5, 5.41) is 7.35. The van der Waals surface area contributed by atoms with E-state index in [2.05, 4.69) is 19.8 Å². The number of rotatable bonds is 5. The topological polar surface area (TPSA) is 74.9 Å². The minimum atomic E-state index is -4.58. The third kappa shape index (κ3) is 3.95. The van der Waals surface area contributed by atoms with Gasteiger partial charge in [0.1, 0.15) is 18.6 Å². The van der Waals surface area contributed by atoms with Crippen LogP contribution in [0.2, 0.25) is 0 Å². The zero-order valence-electron chi connectivity index (χ0n) is 14.4. The van der Waals surface area contributed by atoms with Crippen molar-refractivity contribution in [1.29, 1.82) is 0 Å². The lowest BCUT2D eigenvalue weighted by Crippen LogP contribution is -2.19. The molecule has 0 aliphatic heterocycles. The van der Waals surface area contributed by atoms with Crippen LogP contribution in [0.4, 0.5) is 13.2 Å². The van der Waals surface area contributed by atoms with Crippen molar-refractivity contribution in [1.82, 2.24) is 9.78 Å². The van der Waals surface area contributed by atoms with Crippen LogP contribution in [0.5, 0.6) is 11.6 Å². The van der Waals surface area contributed by atoms with Crippen LogP contribution in [-0.2, 0) is 27.6 Å². The van der Waals surface area contributed by atoms with Gasteiger partial charge in [-0.2, -0.15) is 13.2 Å². The highest BCUT2D eigenvalue weighted by atomic mass is 19.4. The Morgan fingerprint density at radius 2 is 1.96 bits per heavy atom. The molecule has 0 fully saturated rings. The predicted molar refractivity (Wildman–Crippen MR) is 85.0 cm³/mol. The van der Waals surface area contributed by atoms with Gasteiger partial charge in [-0.1, -0.05) is 17.3 Å². The molecule has 0 saturated heterocycles. The molecule has 26 heavy (non-hydrogen) atoms. The van der Waals surface area contributed by atoms with Crippen LogP contribution < -0.4 is 4.74 Å². The van der Waals surface area contributed by atoms with Crippen molar-refractivity contribution in [3.63, 3.8) is 0 Å². The maximum atomic E-state index is 12.9. The van der Waals surface area contributed by atoms with Crippen LogP contribution in [0.25, 0.3) is 0 Å². The second-order valence-electron chi connectivity index (χ2n) is 5.15. The first-order chi connectivity index (χ1) is 12.2. The van der Waals surface area contributed by atoms with E-state index >= 15 is 0 Å². The van der Waals surface area contributed by atoms with Gasteiger partial charge in [0.15, 0.2) is 5.71 Å². The average Bonchev–Trinajstić information content (AvgIpc) is 2.93. The van der Waals surface area contributed by atoms with Crippen molar-refractivity contribution in [2.75, 3.05) is 14.2 Å². The van der Waals surface area contributed by atoms with Crippen molar-refractivity contribution in [2.45, 2.75) is 13.1 Å². The molecule has 0 spiro atoms. The number of ether oxygens (including phenoxy) is 2. The number of alkyl halides is 3. The summed E-state index contributed by atoms with van der Waals surface area (Å²) in [6.07, 6.45) is -4.58. The molecule has 0 aliphatic carbocycles. The van der Waals surface area contributed by atoms with Gasteiger partial charge in [0, 0.05) is 13.1 Å². The number of hydrogen-bond acceptors (Lipinski definition) is 6. The van der Waals surface area contributed by atoms with Crippen LogP contribution in [0.1, 0.15) is 16.8 Å². The Bertz CT molecular complexity index is 844. The van der Waals surface area contributed by atoms with E-state index in [1.54, 1.807) is 19.1 Å². The minimum Gasteiger partial charge on any atom is -0.464 e. The zero-order chi connectivity index (χ0) is 19.5. The summed E-state index contributed by atoms with van der Waals surface area (Å²) in [5.74, 6) is -0.991. The molecule has 0 amide bonds. The number of methoxy groups -OCH3 is 1. The van der Waals surface area contributed by atoms with E-state index in [-0.39, 0.29) is 22.9 Å². The van der Waals surface area contributed by atoms with Crippen molar-refractivity contribution in [3.8, 4) is 11.6 Å². The van der Waals surface area contributed by atoms with Crippen molar-refractivity contribution in [2.24, 2.45) is 12.2 Å². The van der Waals surface area contributed by atoms with Crippen molar-refractivity contribution >= 4 is 11.7 Å². The highest BCUT2D eigenvalue weighted by Gasteiger charge is 2.35. The van der Waals surface area contributed by atoms with Gasteiger partial charge in [-0.3, -0.25) is 4.68 Å². The maximum Gasteiger partial charge on any atom is 0.433 e. The van der Waals surface area contributed by atoms with Gasteiger partial charge < -0.3 is 14.3 Å². The molecule has 0 N–H and O–H groups in total. The van der Waals surface area contributed by atoms with Crippen molar-refractivity contribution in [3.05, 3.63) is 41.1 Å². The van der Waals surface area contributed by atoms with Gasteiger partial charge in [0.05, 0.1) is 12.7 Å². The fourth-order valence-electron chi connectivity index (χ4n) is 2.27. The highest BCUT2D eigenvalue weighted by Crippen LogP contribution is 2.33. The van der Waals surface area contributed by atoms with E-state index in [1.165, 1.54) is 20.3 Å². The monoisotopic (exact) mass is 371 g/mol. The summed E-state index contributed by atoms with van der Waals surface area (Å²) in [4.78, 5) is 16.7. The summed E-state index contributed by atoms with van der Waals surface area (Å²) in [5.41, 5.74) is -0.355. The molecule has 1 heterocycles. The Kier molecular flexibility index (Phi) is 5.53. The minimum absolute atomic E-state index is 0.0815. The molecule has 0 radical (unpaired) electrons. The molecule has 10 heteroatoms. The summed E-state index contributed by atoms with van der Waals surface area (Å²) < 4.78 is 49.6. The number of carbonyl (C=O) groups excluding carboxylic acids is 1. The normalized spacial score (nSPS) is 12.0. The fourth-order valence-corrected chi connectivity index (χ4v) is 2.27. The Hall–Kier alpha value is -3.04. The van der Waals surface area contributed by atoms with Crippen molar-refractivity contribution < 1.29 is 32.3 Å². The van der Waals surface area contributed by atoms with E-state index in [1.807, 2.05) is 0 Å². The van der Waals surface area contributed by atoms with E-state index in [9.17, 15) is 18.0 Å². The number of halogens is 3. The van der Waals surface area contributed by atoms with E-state index < -0.39 is 17.8 Å². The number of oxime groups is 1. The van der Waals surface area contributed by atoms with E-state index in [4.69, 9.17) is 4.74 Å². The fraction of sp³-hybridized carbons (Fsp3) is 0.312. The van der Waals surface area contributed by atoms with Crippen LogP contribution in [0.3, 0.4) is 0 Å². The molecular weight excluding hydrogens is 355 g/mol. The van der Waals surface area contributed by atoms with Gasteiger partial charge in [0.25, 0.3) is 0 Å². The predicted octanol–water partition coefficient (Wildman–Crippen LogP) is 3.06. The molecule has 7 nitrogen and oxygen atoms in total. The Labute approximate surface area is 146 Å². The number of esters is 1.